The van der Waals surface area contributed by atoms with E-state index in [1.165, 1.54) is 25.2 Å². The van der Waals surface area contributed by atoms with Gasteiger partial charge >= 0.3 is 0 Å². The predicted molar refractivity (Wildman–Crippen MR) is 71.2 cm³/mol. The van der Waals surface area contributed by atoms with Gasteiger partial charge in [-0.1, -0.05) is 12.8 Å². The molecule has 0 aliphatic heterocycles. The first-order chi connectivity index (χ1) is 9.24. The zero-order valence-corrected chi connectivity index (χ0v) is 10.7. The standard InChI is InChI=1S/C14H18N2O3/c17-13(8-7-12-6-3-9-19-12)15-10-14(18)16-11-4-1-2-5-11/h3,6-9,11H,1-2,4-5,10H2,(H,15,17)(H,16,18). The van der Waals surface area contributed by atoms with E-state index in [4.69, 9.17) is 4.42 Å². The molecule has 19 heavy (non-hydrogen) atoms. The first-order valence-corrected chi connectivity index (χ1v) is 6.53. The Morgan fingerprint density at radius 1 is 1.37 bits per heavy atom. The molecule has 0 saturated heterocycles. The lowest BCUT2D eigenvalue weighted by Gasteiger charge is -2.11. The highest BCUT2D eigenvalue weighted by atomic mass is 16.3. The summed E-state index contributed by atoms with van der Waals surface area (Å²) in [5, 5.41) is 5.45. The molecule has 2 N–H and O–H groups in total. The van der Waals surface area contributed by atoms with Gasteiger partial charge in [-0.05, 0) is 31.1 Å². The maximum absolute atomic E-state index is 11.6. The quantitative estimate of drug-likeness (QED) is 0.789. The van der Waals surface area contributed by atoms with Crippen molar-refractivity contribution in [3.63, 3.8) is 0 Å². The zero-order valence-electron chi connectivity index (χ0n) is 10.7. The molecular weight excluding hydrogens is 244 g/mol. The smallest absolute Gasteiger partial charge is 0.244 e. The van der Waals surface area contributed by atoms with Crippen molar-refractivity contribution in [2.45, 2.75) is 31.7 Å². The third-order valence-electron chi connectivity index (χ3n) is 3.09. The largest absolute Gasteiger partial charge is 0.465 e. The van der Waals surface area contributed by atoms with Crippen LogP contribution in [-0.2, 0) is 9.59 Å². The normalized spacial score (nSPS) is 15.8. The monoisotopic (exact) mass is 262 g/mol. The SMILES string of the molecule is O=C(C=Cc1ccco1)NCC(=O)NC1CCCC1. The Kier molecular flexibility index (Phi) is 4.78. The second kappa shape index (κ2) is 6.78. The summed E-state index contributed by atoms with van der Waals surface area (Å²) >= 11 is 0. The molecule has 1 aliphatic rings. The highest BCUT2D eigenvalue weighted by molar-refractivity contribution is 5.94. The number of nitrogens with one attached hydrogen (secondary N) is 2. The Balaban J connectivity index is 1.66. The molecule has 2 amide bonds. The summed E-state index contributed by atoms with van der Waals surface area (Å²) in [6, 6.07) is 3.77. The van der Waals surface area contributed by atoms with E-state index in [9.17, 15) is 9.59 Å². The Labute approximate surface area is 112 Å². The molecule has 0 radical (unpaired) electrons. The lowest BCUT2D eigenvalue weighted by atomic mass is 10.2. The number of hydrogen-bond acceptors (Lipinski definition) is 3. The Hall–Kier alpha value is -2.04. The van der Waals surface area contributed by atoms with Gasteiger partial charge in [0.25, 0.3) is 0 Å². The molecule has 1 heterocycles. The molecule has 0 bridgehead atoms. The molecule has 5 nitrogen and oxygen atoms in total. The van der Waals surface area contributed by atoms with Gasteiger partial charge in [0.2, 0.25) is 11.8 Å². The van der Waals surface area contributed by atoms with Gasteiger partial charge in [0, 0.05) is 12.1 Å². The average molecular weight is 262 g/mol. The highest BCUT2D eigenvalue weighted by Crippen LogP contribution is 2.17. The van der Waals surface area contributed by atoms with Gasteiger partial charge in [-0.2, -0.15) is 0 Å². The number of furan rings is 1. The minimum absolute atomic E-state index is 0.0117. The van der Waals surface area contributed by atoms with E-state index >= 15 is 0 Å². The molecule has 0 aromatic carbocycles. The molecule has 2 rings (SSSR count). The van der Waals surface area contributed by atoms with E-state index in [-0.39, 0.29) is 24.4 Å². The van der Waals surface area contributed by atoms with Crippen LogP contribution in [0.5, 0.6) is 0 Å². The fourth-order valence-electron chi connectivity index (χ4n) is 2.12. The third kappa shape index (κ3) is 4.62. The molecule has 102 valence electrons. The van der Waals surface area contributed by atoms with E-state index < -0.39 is 0 Å². The van der Waals surface area contributed by atoms with Gasteiger partial charge in [-0.25, -0.2) is 0 Å². The maximum atomic E-state index is 11.6. The summed E-state index contributed by atoms with van der Waals surface area (Å²) in [6.45, 7) is 0.0117. The van der Waals surface area contributed by atoms with Crippen LogP contribution in [0.25, 0.3) is 6.08 Å². The molecule has 1 aliphatic carbocycles. The summed E-state index contributed by atoms with van der Waals surface area (Å²) in [4.78, 5) is 23.0. The first kappa shape index (κ1) is 13.4. The van der Waals surface area contributed by atoms with E-state index in [0.717, 1.165) is 12.8 Å². The van der Waals surface area contributed by atoms with Crippen molar-refractivity contribution in [1.29, 1.82) is 0 Å². The fraction of sp³-hybridized carbons (Fsp3) is 0.429. The molecule has 1 fully saturated rings. The van der Waals surface area contributed by atoms with Crippen molar-refractivity contribution in [3.05, 3.63) is 30.2 Å². The minimum atomic E-state index is -0.307. The van der Waals surface area contributed by atoms with E-state index in [1.807, 2.05) is 0 Å². The van der Waals surface area contributed by atoms with Gasteiger partial charge in [0.1, 0.15) is 5.76 Å². The number of rotatable bonds is 5. The van der Waals surface area contributed by atoms with Crippen molar-refractivity contribution < 1.29 is 14.0 Å². The van der Waals surface area contributed by atoms with Crippen LogP contribution in [0.15, 0.2) is 28.9 Å². The Morgan fingerprint density at radius 3 is 2.84 bits per heavy atom. The van der Waals surface area contributed by atoms with Crippen LogP contribution in [0.1, 0.15) is 31.4 Å². The van der Waals surface area contributed by atoms with Crippen LogP contribution in [-0.4, -0.2) is 24.4 Å². The number of hydrogen-bond donors (Lipinski definition) is 2. The highest BCUT2D eigenvalue weighted by Gasteiger charge is 2.16. The number of carbonyl (C=O) groups excluding carboxylic acids is 2. The topological polar surface area (TPSA) is 71.3 Å². The minimum Gasteiger partial charge on any atom is -0.465 e. The van der Waals surface area contributed by atoms with Gasteiger partial charge < -0.3 is 15.1 Å². The molecule has 1 aromatic heterocycles. The van der Waals surface area contributed by atoms with Crippen LogP contribution in [0.2, 0.25) is 0 Å². The Bertz CT molecular complexity index is 445. The molecular formula is C14H18N2O3. The molecule has 5 heteroatoms. The lowest BCUT2D eigenvalue weighted by molar-refractivity contribution is -0.124. The van der Waals surface area contributed by atoms with Gasteiger partial charge in [-0.15, -0.1) is 0 Å². The van der Waals surface area contributed by atoms with Crippen molar-refractivity contribution in [2.75, 3.05) is 6.54 Å². The fourth-order valence-corrected chi connectivity index (χ4v) is 2.12. The summed E-state index contributed by atoms with van der Waals surface area (Å²) in [6.07, 6.45) is 8.86. The van der Waals surface area contributed by atoms with Crippen LogP contribution in [0, 0.1) is 0 Å². The van der Waals surface area contributed by atoms with Gasteiger partial charge in [0.05, 0.1) is 12.8 Å². The van der Waals surface area contributed by atoms with Crippen molar-refractivity contribution in [3.8, 4) is 0 Å². The summed E-state index contributed by atoms with van der Waals surface area (Å²) in [5.74, 6) is 0.162. The number of amides is 2. The second-order valence-corrected chi connectivity index (χ2v) is 4.62. The van der Waals surface area contributed by atoms with E-state index in [1.54, 1.807) is 18.2 Å². The van der Waals surface area contributed by atoms with Gasteiger partial charge in [0.15, 0.2) is 0 Å². The van der Waals surface area contributed by atoms with Crippen LogP contribution in [0.4, 0.5) is 0 Å². The predicted octanol–water partition coefficient (Wildman–Crippen LogP) is 1.47. The van der Waals surface area contributed by atoms with Crippen LogP contribution in [0.3, 0.4) is 0 Å². The van der Waals surface area contributed by atoms with Crippen LogP contribution < -0.4 is 10.6 Å². The van der Waals surface area contributed by atoms with Crippen LogP contribution >= 0.6 is 0 Å². The second-order valence-electron chi connectivity index (χ2n) is 4.62. The molecule has 0 atom stereocenters. The number of carbonyl (C=O) groups is 2. The Morgan fingerprint density at radius 2 is 2.16 bits per heavy atom. The molecule has 0 unspecified atom stereocenters. The van der Waals surface area contributed by atoms with E-state index in [0.29, 0.717) is 5.76 Å². The third-order valence-corrected chi connectivity index (χ3v) is 3.09. The maximum Gasteiger partial charge on any atom is 0.244 e. The lowest BCUT2D eigenvalue weighted by Crippen LogP contribution is -2.40. The summed E-state index contributed by atoms with van der Waals surface area (Å²) < 4.78 is 5.05. The molecule has 1 aromatic rings. The van der Waals surface area contributed by atoms with Crippen molar-refractivity contribution in [1.82, 2.24) is 10.6 Å². The first-order valence-electron chi connectivity index (χ1n) is 6.53. The summed E-state index contributed by atoms with van der Waals surface area (Å²) in [7, 11) is 0. The van der Waals surface area contributed by atoms with Crippen molar-refractivity contribution >= 4 is 17.9 Å². The molecule has 0 spiro atoms. The van der Waals surface area contributed by atoms with Gasteiger partial charge in [-0.3, -0.25) is 9.59 Å². The summed E-state index contributed by atoms with van der Waals surface area (Å²) in [5.41, 5.74) is 0. The average Bonchev–Trinajstić information content (AvgIpc) is 3.06. The molecule has 1 saturated carbocycles. The zero-order chi connectivity index (χ0) is 13.5. The van der Waals surface area contributed by atoms with E-state index in [2.05, 4.69) is 10.6 Å². The van der Waals surface area contributed by atoms with Crippen molar-refractivity contribution in [2.24, 2.45) is 0 Å².